The molecule has 10 nitrogen and oxygen atoms in total. The Morgan fingerprint density at radius 1 is 0.508 bits per heavy atom. The van der Waals surface area contributed by atoms with Gasteiger partial charge in [-0.1, -0.05) is 157 Å². The molecule has 0 aromatic rings. The fourth-order valence-electron chi connectivity index (χ4n) is 6.49. The number of unbranched alkanes of at least 4 members (excludes halogenated alkanes) is 13. The number of allylic oxidation sites excluding steroid dienone is 14. The topological polar surface area (TPSA) is 152 Å². The second-order valence-corrected chi connectivity index (χ2v) is 15.8. The van der Waals surface area contributed by atoms with Crippen molar-refractivity contribution in [1.82, 2.24) is 0 Å². The smallest absolute Gasteiger partial charge is 0.306 e. The van der Waals surface area contributed by atoms with Crippen molar-refractivity contribution in [1.29, 1.82) is 0 Å². The van der Waals surface area contributed by atoms with E-state index in [1.54, 1.807) is 0 Å². The molecule has 0 radical (unpaired) electrons. The molecule has 4 N–H and O–H groups in total. The highest BCUT2D eigenvalue weighted by molar-refractivity contribution is 5.70. The van der Waals surface area contributed by atoms with Crippen LogP contribution >= 0.6 is 0 Å². The number of carbonyl (C=O) groups is 2. The second kappa shape index (κ2) is 40.9. The Hall–Kier alpha value is -3.12. The van der Waals surface area contributed by atoms with Crippen molar-refractivity contribution >= 4 is 11.9 Å². The van der Waals surface area contributed by atoms with Crippen LogP contribution in [0.15, 0.2) is 85.1 Å². The summed E-state index contributed by atoms with van der Waals surface area (Å²) in [5.74, 6) is -0.918. The van der Waals surface area contributed by atoms with Gasteiger partial charge < -0.3 is 39.4 Å². The normalized spacial score (nSPS) is 20.5. The van der Waals surface area contributed by atoms with Crippen LogP contribution in [0.1, 0.15) is 168 Å². The molecular weight excluding hydrogens is 773 g/mol. The molecule has 61 heavy (non-hydrogen) atoms. The van der Waals surface area contributed by atoms with E-state index in [0.717, 1.165) is 57.8 Å². The summed E-state index contributed by atoms with van der Waals surface area (Å²) in [6.45, 7) is 3.28. The number of rotatable bonds is 38. The maximum atomic E-state index is 12.8. The van der Waals surface area contributed by atoms with Gasteiger partial charge in [-0.05, 0) is 83.5 Å². The molecule has 10 heteroatoms. The van der Waals surface area contributed by atoms with Crippen molar-refractivity contribution in [3.05, 3.63) is 85.1 Å². The lowest BCUT2D eigenvalue weighted by Crippen LogP contribution is -2.59. The molecular formula is C51H84O10. The van der Waals surface area contributed by atoms with Crippen LogP contribution in [0.3, 0.4) is 0 Å². The molecule has 1 aliphatic rings. The van der Waals surface area contributed by atoms with Crippen LogP contribution in [-0.4, -0.2) is 89.0 Å². The number of carbonyl (C=O) groups excluding carboxylic acids is 2. The Kier molecular flexibility index (Phi) is 37.5. The molecule has 2 unspecified atom stereocenters. The van der Waals surface area contributed by atoms with Crippen LogP contribution in [-0.2, 0) is 28.5 Å². The largest absolute Gasteiger partial charge is 0.462 e. The van der Waals surface area contributed by atoms with E-state index in [1.807, 2.05) is 12.2 Å². The number of aliphatic hydroxyl groups excluding tert-OH is 4. The minimum atomic E-state index is -1.61. The highest BCUT2D eigenvalue weighted by Gasteiger charge is 2.44. The van der Waals surface area contributed by atoms with Gasteiger partial charge in [-0.15, -0.1) is 0 Å². The number of hydrogen-bond acceptors (Lipinski definition) is 10. The van der Waals surface area contributed by atoms with E-state index < -0.39 is 55.4 Å². The molecule has 0 spiro atoms. The Morgan fingerprint density at radius 3 is 1.44 bits per heavy atom. The van der Waals surface area contributed by atoms with Gasteiger partial charge in [-0.2, -0.15) is 0 Å². The van der Waals surface area contributed by atoms with Crippen LogP contribution in [0.25, 0.3) is 0 Å². The first kappa shape index (κ1) is 55.9. The zero-order chi connectivity index (χ0) is 44.4. The molecule has 348 valence electrons. The van der Waals surface area contributed by atoms with E-state index in [2.05, 4.69) is 86.8 Å². The van der Waals surface area contributed by atoms with E-state index in [4.69, 9.17) is 18.9 Å². The summed E-state index contributed by atoms with van der Waals surface area (Å²) in [6, 6.07) is 0. The molecule has 1 rings (SSSR count). The van der Waals surface area contributed by atoms with Crippen molar-refractivity contribution in [3.63, 3.8) is 0 Å². The Bertz CT molecular complexity index is 1270. The van der Waals surface area contributed by atoms with Gasteiger partial charge in [-0.3, -0.25) is 9.59 Å². The number of hydrogen-bond donors (Lipinski definition) is 4. The van der Waals surface area contributed by atoms with Gasteiger partial charge in [0.15, 0.2) is 12.4 Å². The summed E-state index contributed by atoms with van der Waals surface area (Å²) in [4.78, 5) is 25.3. The highest BCUT2D eigenvalue weighted by Crippen LogP contribution is 2.22. The minimum Gasteiger partial charge on any atom is -0.462 e. The van der Waals surface area contributed by atoms with E-state index in [9.17, 15) is 30.0 Å². The molecule has 0 amide bonds. The van der Waals surface area contributed by atoms with Crippen molar-refractivity contribution in [2.24, 2.45) is 0 Å². The lowest BCUT2D eigenvalue weighted by Gasteiger charge is -2.39. The van der Waals surface area contributed by atoms with Gasteiger partial charge >= 0.3 is 11.9 Å². The Morgan fingerprint density at radius 2 is 0.951 bits per heavy atom. The van der Waals surface area contributed by atoms with Crippen molar-refractivity contribution in [2.45, 2.75) is 205 Å². The summed E-state index contributed by atoms with van der Waals surface area (Å²) in [6.07, 6.45) is 45.9. The maximum absolute atomic E-state index is 12.8. The highest BCUT2D eigenvalue weighted by atomic mass is 16.7. The molecule has 0 aromatic carbocycles. The predicted molar refractivity (Wildman–Crippen MR) is 247 cm³/mol. The van der Waals surface area contributed by atoms with Crippen molar-refractivity contribution < 1.29 is 49.0 Å². The van der Waals surface area contributed by atoms with Crippen molar-refractivity contribution in [2.75, 3.05) is 19.8 Å². The molecule has 1 fully saturated rings. The predicted octanol–water partition coefficient (Wildman–Crippen LogP) is 10.6. The van der Waals surface area contributed by atoms with Gasteiger partial charge in [0.25, 0.3) is 0 Å². The molecule has 1 aliphatic heterocycles. The molecule has 0 aromatic heterocycles. The van der Waals surface area contributed by atoms with E-state index >= 15 is 0 Å². The van der Waals surface area contributed by atoms with Crippen molar-refractivity contribution in [3.8, 4) is 0 Å². The first-order chi connectivity index (χ1) is 29.8. The summed E-state index contributed by atoms with van der Waals surface area (Å²) in [5.41, 5.74) is 0. The van der Waals surface area contributed by atoms with Crippen LogP contribution in [0.5, 0.6) is 0 Å². The zero-order valence-corrected chi connectivity index (χ0v) is 37.9. The summed E-state index contributed by atoms with van der Waals surface area (Å²) < 4.78 is 22.1. The molecule has 6 atom stereocenters. The van der Waals surface area contributed by atoms with E-state index in [1.165, 1.54) is 70.6 Å². The third-order valence-corrected chi connectivity index (χ3v) is 10.3. The van der Waals surface area contributed by atoms with Crippen LogP contribution in [0, 0.1) is 0 Å². The summed E-state index contributed by atoms with van der Waals surface area (Å²) in [7, 11) is 0. The average molecular weight is 857 g/mol. The van der Waals surface area contributed by atoms with E-state index in [0.29, 0.717) is 12.8 Å². The lowest BCUT2D eigenvalue weighted by molar-refractivity contribution is -0.305. The Labute approximate surface area is 369 Å². The van der Waals surface area contributed by atoms with Crippen LogP contribution in [0.4, 0.5) is 0 Å². The monoisotopic (exact) mass is 857 g/mol. The standard InChI is InChI=1S/C51H84O10/c1-3-5-7-9-11-13-15-17-19-21-22-24-26-28-30-32-34-36-38-40-47(54)60-44(43-59-51-50(57)49(56)48(55)45(41-52)61-51)42-58-46(53)39-37-35-33-31-29-27-25-23-20-18-16-14-12-10-8-6-4-2/h11-14,17-20,22,24,28,30,34,36,44-45,48-52,55-57H,3-10,15-16,21,23,25-27,29,31-33,35,37-43H2,1-2H3/b13-11+,14-12+,19-17+,20-18+,24-22+,30-28+,36-34+/t44-,45-,48+,49?,50?,51-/m1/s1. The minimum absolute atomic E-state index is 0.100. The summed E-state index contributed by atoms with van der Waals surface area (Å²) >= 11 is 0. The lowest BCUT2D eigenvalue weighted by atomic mass is 9.99. The molecule has 1 saturated heterocycles. The van der Waals surface area contributed by atoms with E-state index in [-0.39, 0.29) is 26.1 Å². The van der Waals surface area contributed by atoms with Gasteiger partial charge in [0.1, 0.15) is 31.0 Å². The first-order valence-electron chi connectivity index (χ1n) is 23.7. The Balaban J connectivity index is 2.38. The molecule has 1 heterocycles. The fourth-order valence-corrected chi connectivity index (χ4v) is 6.49. The molecule has 0 bridgehead atoms. The van der Waals surface area contributed by atoms with Crippen LogP contribution in [0.2, 0.25) is 0 Å². The maximum Gasteiger partial charge on any atom is 0.306 e. The average Bonchev–Trinajstić information content (AvgIpc) is 3.26. The molecule has 0 saturated carbocycles. The molecule has 0 aliphatic carbocycles. The summed E-state index contributed by atoms with van der Waals surface area (Å²) in [5, 5.41) is 40.1. The third kappa shape index (κ3) is 32.3. The number of ether oxygens (including phenoxy) is 4. The first-order valence-corrected chi connectivity index (χ1v) is 23.7. The fraction of sp³-hybridized carbons (Fsp3) is 0.686. The number of aliphatic hydroxyl groups is 4. The van der Waals surface area contributed by atoms with Gasteiger partial charge in [0.2, 0.25) is 0 Å². The third-order valence-electron chi connectivity index (χ3n) is 10.3. The second-order valence-electron chi connectivity index (χ2n) is 15.8. The van der Waals surface area contributed by atoms with Crippen LogP contribution < -0.4 is 0 Å². The quantitative estimate of drug-likeness (QED) is 0.0268. The zero-order valence-electron chi connectivity index (χ0n) is 37.9. The SMILES string of the molecule is CCCCC/C=C/C/C=C/C/C=C/C/C=C/C/C=C/CCC(=O)O[C@H](COC(=O)CCCCCCCCC/C=C/C/C=C/CCCCC)CO[C@@H]1O[C@H](CO)[C@H](O)C(O)C1O. The number of esters is 2. The van der Waals surface area contributed by atoms with Gasteiger partial charge in [0.05, 0.1) is 13.2 Å². The van der Waals surface area contributed by atoms with Gasteiger partial charge in [-0.25, -0.2) is 0 Å². The van der Waals surface area contributed by atoms with Gasteiger partial charge in [0, 0.05) is 12.8 Å².